The Labute approximate surface area is 429 Å². The van der Waals surface area contributed by atoms with Crippen molar-refractivity contribution in [2.45, 2.75) is 84.4 Å². The minimum absolute atomic E-state index is 1.15. The van der Waals surface area contributed by atoms with Crippen LogP contribution >= 0.6 is 16.1 Å². The van der Waals surface area contributed by atoms with Crippen molar-refractivity contribution in [2.75, 3.05) is 4.44 Å². The summed E-state index contributed by atoms with van der Waals surface area (Å²) < 4.78 is 2.92. The first kappa shape index (κ1) is 49.8. The molecule has 0 saturated heterocycles. The molecule has 0 atom stereocenters. The molecule has 0 fully saturated rings. The Morgan fingerprint density at radius 1 is 0.324 bits per heavy atom. The van der Waals surface area contributed by atoms with Gasteiger partial charge < -0.3 is 4.44 Å². The van der Waals surface area contributed by atoms with Crippen molar-refractivity contribution < 1.29 is 0 Å². The number of hydrogen-bond donors (Lipinski definition) is 0. The Balaban J connectivity index is 1.29. The number of aryl methyl sites for hydroxylation is 1. The average molecular weight is 978 g/mol. The van der Waals surface area contributed by atoms with E-state index in [0.717, 1.165) is 0 Å². The van der Waals surface area contributed by atoms with Crippen LogP contribution < -0.4 is 30.8 Å². The summed E-state index contributed by atoms with van der Waals surface area (Å²) in [5.41, 5.74) is 12.6. The lowest BCUT2D eigenvalue weighted by Gasteiger charge is -2.42. The van der Waals surface area contributed by atoms with E-state index in [9.17, 15) is 0 Å². The van der Waals surface area contributed by atoms with E-state index in [2.05, 4.69) is 269 Å². The summed E-state index contributed by atoms with van der Waals surface area (Å²) in [4.78, 5) is 0. The zero-order chi connectivity index (χ0) is 48.8. The number of rotatable bonds is 21. The van der Waals surface area contributed by atoms with Gasteiger partial charge >= 0.3 is 0 Å². The van der Waals surface area contributed by atoms with Crippen LogP contribution in [0.15, 0.2) is 237 Å². The van der Waals surface area contributed by atoms with Crippen molar-refractivity contribution in [3.8, 4) is 44.5 Å². The zero-order valence-electron chi connectivity index (χ0n) is 42.2. The first-order valence-corrected chi connectivity index (χ1v) is 31.3. The lowest BCUT2D eigenvalue weighted by atomic mass is 10.1. The van der Waals surface area contributed by atoms with Crippen molar-refractivity contribution >= 4 is 56.3 Å². The van der Waals surface area contributed by atoms with Gasteiger partial charge in [-0.05, 0) is 63.1 Å². The van der Waals surface area contributed by atoms with Crippen LogP contribution in [0.25, 0.3) is 44.5 Å². The molecule has 0 N–H and O–H groups in total. The Bertz CT molecular complexity index is 2660. The molecule has 1 nitrogen and oxygen atoms in total. The van der Waals surface area contributed by atoms with Gasteiger partial charge in [0, 0.05) is 26.9 Å². The molecule has 4 heteroatoms. The fourth-order valence-electron chi connectivity index (χ4n) is 10.3. The predicted molar refractivity (Wildman–Crippen MR) is 318 cm³/mol. The molecule has 0 aromatic heterocycles. The maximum absolute atomic E-state index is 2.92. The highest BCUT2D eigenvalue weighted by Crippen LogP contribution is 2.58. The molecule has 0 aliphatic heterocycles. The Hall–Kier alpha value is -6.14. The largest absolute Gasteiger partial charge is 0.313 e. The smallest absolute Gasteiger partial charge is 0.0867 e. The summed E-state index contributed by atoms with van der Waals surface area (Å²) in [6, 6.07) is 93.6. The van der Waals surface area contributed by atoms with Crippen LogP contribution in [0.3, 0.4) is 0 Å². The molecule has 0 aliphatic rings. The molecule has 9 aromatic carbocycles. The van der Waals surface area contributed by atoms with Gasteiger partial charge in [0.2, 0.25) is 0 Å². The van der Waals surface area contributed by atoms with Crippen molar-refractivity contribution in [2.24, 2.45) is 0 Å². The second-order valence-electron chi connectivity index (χ2n) is 19.2. The highest BCUT2D eigenvalue weighted by Gasteiger charge is 2.37. The van der Waals surface area contributed by atoms with Gasteiger partial charge in [-0.1, -0.05) is 313 Å². The number of hydrogen-bond acceptors (Lipinski definition) is 1. The second kappa shape index (κ2) is 24.3. The molecule has 0 spiro atoms. The van der Waals surface area contributed by atoms with E-state index in [1.165, 1.54) is 134 Å². The van der Waals surface area contributed by atoms with Gasteiger partial charge in [0.1, 0.15) is 0 Å². The summed E-state index contributed by atoms with van der Waals surface area (Å²) in [7, 11) is -4.10. The van der Waals surface area contributed by atoms with E-state index < -0.39 is 24.2 Å². The molecular weight excluding hydrogens is 909 g/mol. The molecule has 0 bridgehead atoms. The Morgan fingerprint density at radius 3 is 0.845 bits per heavy atom. The zero-order valence-corrected chi connectivity index (χ0v) is 45.0. The van der Waals surface area contributed by atoms with Crippen LogP contribution in [0.5, 0.6) is 0 Å². The van der Waals surface area contributed by atoms with Crippen molar-refractivity contribution in [3.05, 3.63) is 242 Å². The fraction of sp³-hybridized carbons (Fsp3) is 0.194. The molecule has 0 heterocycles. The third kappa shape index (κ3) is 11.8. The lowest BCUT2D eigenvalue weighted by Crippen LogP contribution is -2.47. The molecule has 0 amide bonds. The van der Waals surface area contributed by atoms with E-state index in [1.807, 2.05) is 0 Å². The first-order valence-electron chi connectivity index (χ1n) is 26.1. The molecule has 0 saturated carbocycles. The second-order valence-corrected chi connectivity index (χ2v) is 28.2. The summed E-state index contributed by atoms with van der Waals surface area (Å²) in [5.74, 6) is 0. The summed E-state index contributed by atoms with van der Waals surface area (Å²) in [6.07, 6.45) is 7.72. The molecule has 9 aromatic rings. The normalized spacial score (nSPS) is 11.6. The van der Waals surface area contributed by atoms with Gasteiger partial charge in [0.15, 0.2) is 0 Å². The fourth-order valence-corrected chi connectivity index (χ4v) is 22.0. The van der Waals surface area contributed by atoms with E-state index in [0.29, 0.717) is 0 Å². The number of unbranched alkanes of at least 4 members (excludes halogenated alkanes) is 3. The molecule has 0 unspecified atom stereocenters. The molecule has 9 rings (SSSR count). The summed E-state index contributed by atoms with van der Waals surface area (Å²) in [6.45, 7) is 9.58. The molecular formula is C67H69NP2Si. The topological polar surface area (TPSA) is 3.24 Å². The molecule has 0 aliphatic carbocycles. The molecule has 71 heavy (non-hydrogen) atoms. The monoisotopic (exact) mass is 977 g/mol. The van der Waals surface area contributed by atoms with Gasteiger partial charge in [-0.2, -0.15) is 0 Å². The Morgan fingerprint density at radius 2 is 0.592 bits per heavy atom. The van der Waals surface area contributed by atoms with Crippen LogP contribution in [0, 0.1) is 6.92 Å². The maximum atomic E-state index is 2.92. The third-order valence-electron chi connectivity index (χ3n) is 14.3. The highest BCUT2D eigenvalue weighted by atomic mass is 31.2. The number of benzene rings is 9. The third-order valence-corrected chi connectivity index (χ3v) is 25.2. The lowest BCUT2D eigenvalue weighted by molar-refractivity contribution is 0.800. The number of anilines is 1. The Kier molecular flexibility index (Phi) is 17.1. The first-order chi connectivity index (χ1) is 35.0. The SMILES string of the molecule is CCCC[Si](CCCC)(CCCC)c1ccc(N(P(c2ccc(-c3ccccc3)cc2)c2ccc(-c3ccccc3)cc2)P(c2ccc(-c3ccccc3)cc2)c2ccc(-c3ccccc3)cc2)c(C)c1. The van der Waals surface area contributed by atoms with Crippen LogP contribution in [-0.2, 0) is 0 Å². The van der Waals surface area contributed by atoms with Gasteiger partial charge in [0.25, 0.3) is 0 Å². The van der Waals surface area contributed by atoms with E-state index in [4.69, 9.17) is 0 Å². The van der Waals surface area contributed by atoms with Crippen LogP contribution in [0.1, 0.15) is 64.9 Å². The highest BCUT2D eigenvalue weighted by molar-refractivity contribution is 7.90. The van der Waals surface area contributed by atoms with Gasteiger partial charge in [-0.25, -0.2) is 0 Å². The minimum atomic E-state index is -1.80. The van der Waals surface area contributed by atoms with Gasteiger partial charge in [0.05, 0.1) is 24.2 Å². The molecule has 356 valence electrons. The standard InChI is InChI=1S/C67H69NP2Si/c1-5-8-49-71(50-9-6-2,51-10-7-3)66-47-48-67(53(4)52-66)68(69(62-39-31-58(32-40-62)54-23-15-11-16-24-54)63-41-33-59(34-42-63)55-25-17-12-18-26-55)70(64-43-35-60(36-44-64)56-27-19-13-20-28-56)65-45-37-61(38-46-65)57-29-21-14-22-30-57/h11-48,52H,5-10,49-51H2,1-4H3. The number of nitrogens with zero attached hydrogens (tertiary/aromatic N) is 1. The van der Waals surface area contributed by atoms with Crippen LogP contribution in [-0.4, -0.2) is 8.07 Å². The van der Waals surface area contributed by atoms with Crippen LogP contribution in [0.2, 0.25) is 18.1 Å². The van der Waals surface area contributed by atoms with Crippen molar-refractivity contribution in [1.82, 2.24) is 0 Å². The molecule has 0 radical (unpaired) electrons. The van der Waals surface area contributed by atoms with Gasteiger partial charge in [-0.15, -0.1) is 0 Å². The van der Waals surface area contributed by atoms with E-state index >= 15 is 0 Å². The van der Waals surface area contributed by atoms with E-state index in [1.54, 1.807) is 5.19 Å². The van der Waals surface area contributed by atoms with E-state index in [-0.39, 0.29) is 0 Å². The van der Waals surface area contributed by atoms with Gasteiger partial charge in [-0.3, -0.25) is 0 Å². The predicted octanol–water partition coefficient (Wildman–Crippen LogP) is 17.6. The van der Waals surface area contributed by atoms with Crippen molar-refractivity contribution in [1.29, 1.82) is 0 Å². The maximum Gasteiger partial charge on any atom is 0.0867 e. The van der Waals surface area contributed by atoms with Crippen LogP contribution in [0.4, 0.5) is 5.69 Å². The minimum Gasteiger partial charge on any atom is -0.313 e. The summed E-state index contributed by atoms with van der Waals surface area (Å²) >= 11 is 0. The quantitative estimate of drug-likeness (QED) is 0.0512. The average Bonchev–Trinajstić information content (AvgIpc) is 3.44. The van der Waals surface area contributed by atoms with Crippen molar-refractivity contribution in [3.63, 3.8) is 0 Å². The summed E-state index contributed by atoms with van der Waals surface area (Å²) in [5, 5.41) is 7.01.